The first-order chi connectivity index (χ1) is 28.8. The molecule has 0 fully saturated rings. The molecule has 2 aromatic heterocycles. The number of quaternary nitrogens is 1. The molecular weight excluding hydrogens is 707 g/mol. The summed E-state index contributed by atoms with van der Waals surface area (Å²) in [5, 5.41) is 7.14. The summed E-state index contributed by atoms with van der Waals surface area (Å²) in [6.07, 6.45) is 0. The molecule has 12 rings (SSSR count). The van der Waals surface area contributed by atoms with E-state index in [9.17, 15) is 0 Å². The van der Waals surface area contributed by atoms with Crippen molar-refractivity contribution >= 4 is 66.1 Å². The quantitative estimate of drug-likeness (QED) is 0.130. The Balaban J connectivity index is 1.36. The van der Waals surface area contributed by atoms with Gasteiger partial charge in [0.15, 0.2) is 23.0 Å². The first-order valence-electron chi connectivity index (χ1n) is 19.7. The van der Waals surface area contributed by atoms with E-state index in [1.165, 1.54) is 49.4 Å². The van der Waals surface area contributed by atoms with Crippen molar-refractivity contribution in [3.63, 3.8) is 0 Å². The molecule has 0 spiro atoms. The summed E-state index contributed by atoms with van der Waals surface area (Å²) >= 11 is 0. The maximum atomic E-state index is 5.38. The second-order valence-electron chi connectivity index (χ2n) is 14.9. The van der Waals surface area contributed by atoms with Crippen molar-refractivity contribution in [1.29, 1.82) is 0 Å². The average Bonchev–Trinajstić information content (AvgIpc) is 3.82. The highest BCUT2D eigenvalue weighted by molar-refractivity contribution is 6.36. The predicted octanol–water partition coefficient (Wildman–Crippen LogP) is 13.9. The van der Waals surface area contributed by atoms with Crippen LogP contribution in [0.1, 0.15) is 0 Å². The summed E-state index contributed by atoms with van der Waals surface area (Å²) in [4.78, 5) is 15.9. The number of fused-ring (bicyclic) bond motifs is 12. The molecule has 0 saturated carbocycles. The van der Waals surface area contributed by atoms with E-state index >= 15 is 0 Å². The van der Waals surface area contributed by atoms with E-state index in [0.717, 1.165) is 38.9 Å². The Morgan fingerprint density at radius 2 is 0.931 bits per heavy atom. The molecule has 1 aliphatic heterocycles. The van der Waals surface area contributed by atoms with Crippen molar-refractivity contribution in [2.45, 2.75) is 0 Å². The lowest BCUT2D eigenvalue weighted by atomic mass is 9.91. The highest BCUT2D eigenvalue weighted by atomic mass is 15.4. The van der Waals surface area contributed by atoms with Crippen LogP contribution in [0.15, 0.2) is 206 Å². The fraction of sp³-hybridized carbons (Fsp3) is 0. The molecule has 58 heavy (non-hydrogen) atoms. The highest BCUT2D eigenvalue weighted by Crippen LogP contribution is 2.66. The molecular formula is C53H34N5+. The van der Waals surface area contributed by atoms with Gasteiger partial charge in [0, 0.05) is 63.0 Å². The van der Waals surface area contributed by atoms with E-state index in [1.54, 1.807) is 0 Å². The fourth-order valence-corrected chi connectivity index (χ4v) is 9.51. The third-order valence-electron chi connectivity index (χ3n) is 11.8. The maximum Gasteiger partial charge on any atom is 0.238 e. The van der Waals surface area contributed by atoms with Gasteiger partial charge in [-0.3, -0.25) is 4.57 Å². The van der Waals surface area contributed by atoms with E-state index in [0.29, 0.717) is 22.1 Å². The standard InChI is InChI=1S/C53H34N5/c1-5-20-36(21-6-1)51-54-52(37-22-7-2-8-23-37)56-53(55-51)57-44-31-17-15-29-41(44)47-46-40-28-14-13-19-35(40)33-34-43(46)50-48(49(47)57)42-30-16-18-32-45(42)58(50,38-24-9-3-10-25-38)39-26-11-4-12-27-39/h1-34H/q+1. The number of rotatable bonds is 5. The van der Waals surface area contributed by atoms with E-state index in [2.05, 4.69) is 174 Å². The third kappa shape index (κ3) is 4.53. The number of nitrogens with zero attached hydrogens (tertiary/aromatic N) is 5. The van der Waals surface area contributed by atoms with Crippen LogP contribution in [0.4, 0.5) is 22.7 Å². The first-order valence-corrected chi connectivity index (χ1v) is 19.7. The van der Waals surface area contributed by atoms with Crippen LogP contribution in [-0.4, -0.2) is 19.5 Å². The first kappa shape index (κ1) is 32.5. The van der Waals surface area contributed by atoms with E-state index in [1.807, 2.05) is 36.4 Å². The van der Waals surface area contributed by atoms with Gasteiger partial charge in [-0.15, -0.1) is 0 Å². The number of para-hydroxylation sites is 4. The Kier molecular flexibility index (Phi) is 7.09. The fourth-order valence-electron chi connectivity index (χ4n) is 9.51. The summed E-state index contributed by atoms with van der Waals surface area (Å²) in [6, 6.07) is 73.6. The second kappa shape index (κ2) is 12.6. The Labute approximate surface area is 335 Å². The molecule has 9 aromatic carbocycles. The Morgan fingerprint density at radius 1 is 0.397 bits per heavy atom. The molecule has 270 valence electrons. The van der Waals surface area contributed by atoms with Crippen LogP contribution >= 0.6 is 0 Å². The highest BCUT2D eigenvalue weighted by Gasteiger charge is 2.51. The van der Waals surface area contributed by atoms with Gasteiger partial charge >= 0.3 is 0 Å². The minimum Gasteiger partial charge on any atom is -0.277 e. The topological polar surface area (TPSA) is 43.6 Å². The van der Waals surface area contributed by atoms with Crippen molar-refractivity contribution in [3.05, 3.63) is 206 Å². The molecule has 1 aliphatic rings. The summed E-state index contributed by atoms with van der Waals surface area (Å²) in [5.41, 5.74) is 11.0. The lowest BCUT2D eigenvalue weighted by Crippen LogP contribution is -2.31. The molecule has 11 aromatic rings. The minimum atomic E-state index is 0.418. The van der Waals surface area contributed by atoms with Crippen molar-refractivity contribution in [2.75, 3.05) is 0 Å². The number of aromatic nitrogens is 4. The van der Waals surface area contributed by atoms with Crippen LogP contribution in [-0.2, 0) is 0 Å². The van der Waals surface area contributed by atoms with Gasteiger partial charge in [-0.1, -0.05) is 158 Å². The van der Waals surface area contributed by atoms with Gasteiger partial charge in [0.1, 0.15) is 11.4 Å². The van der Waals surface area contributed by atoms with Gasteiger partial charge in [-0.2, -0.15) is 14.5 Å². The zero-order valence-electron chi connectivity index (χ0n) is 31.4. The molecule has 0 saturated heterocycles. The molecule has 0 amide bonds. The normalized spacial score (nSPS) is 13.0. The Hall–Kier alpha value is -7.73. The van der Waals surface area contributed by atoms with Crippen molar-refractivity contribution in [3.8, 4) is 39.9 Å². The van der Waals surface area contributed by atoms with Crippen molar-refractivity contribution in [1.82, 2.24) is 24.0 Å². The van der Waals surface area contributed by atoms with Gasteiger partial charge in [0.05, 0.1) is 22.2 Å². The zero-order chi connectivity index (χ0) is 38.2. The van der Waals surface area contributed by atoms with Crippen LogP contribution in [0.5, 0.6) is 0 Å². The zero-order valence-corrected chi connectivity index (χ0v) is 31.4. The summed E-state index contributed by atoms with van der Waals surface area (Å²) in [5.74, 6) is 1.82. The van der Waals surface area contributed by atoms with Crippen molar-refractivity contribution < 1.29 is 0 Å². The molecule has 0 bridgehead atoms. The lowest BCUT2D eigenvalue weighted by Gasteiger charge is -2.35. The van der Waals surface area contributed by atoms with E-state index < -0.39 is 0 Å². The van der Waals surface area contributed by atoms with E-state index in [4.69, 9.17) is 15.0 Å². The molecule has 0 atom stereocenters. The van der Waals surface area contributed by atoms with E-state index in [-0.39, 0.29) is 0 Å². The number of benzene rings is 9. The molecule has 5 heteroatoms. The van der Waals surface area contributed by atoms with Crippen LogP contribution in [0.25, 0.3) is 83.2 Å². The lowest BCUT2D eigenvalue weighted by molar-refractivity contribution is 0.726. The SMILES string of the molecule is c1ccc(-c2nc(-c3ccccc3)nc(-n3c4ccccc4c4c5c(ccc6ccccc65)c5c(c43)-c3ccccc3[N+]5(c3ccccc3)c3ccccc3)n2)cc1. The van der Waals surface area contributed by atoms with Crippen molar-refractivity contribution in [2.24, 2.45) is 0 Å². The third-order valence-corrected chi connectivity index (χ3v) is 11.8. The molecule has 0 radical (unpaired) electrons. The average molecular weight is 741 g/mol. The largest absolute Gasteiger partial charge is 0.277 e. The second-order valence-corrected chi connectivity index (χ2v) is 14.9. The van der Waals surface area contributed by atoms with Crippen LogP contribution in [0, 0.1) is 0 Å². The van der Waals surface area contributed by atoms with Gasteiger partial charge in [0.2, 0.25) is 5.95 Å². The molecule has 0 aliphatic carbocycles. The Morgan fingerprint density at radius 3 is 1.59 bits per heavy atom. The minimum absolute atomic E-state index is 0.418. The molecule has 3 heterocycles. The monoisotopic (exact) mass is 740 g/mol. The van der Waals surface area contributed by atoms with Crippen LogP contribution in [0.2, 0.25) is 0 Å². The summed E-state index contributed by atoms with van der Waals surface area (Å²) in [6.45, 7) is 0. The molecule has 0 N–H and O–H groups in total. The molecule has 5 nitrogen and oxygen atoms in total. The smallest absolute Gasteiger partial charge is 0.238 e. The van der Waals surface area contributed by atoms with Gasteiger partial charge in [0.25, 0.3) is 0 Å². The van der Waals surface area contributed by atoms with Crippen LogP contribution < -0.4 is 4.48 Å². The predicted molar refractivity (Wildman–Crippen MR) is 239 cm³/mol. The Bertz CT molecular complexity index is 3280. The van der Waals surface area contributed by atoms with Crippen LogP contribution in [0.3, 0.4) is 0 Å². The molecule has 0 unspecified atom stereocenters. The number of hydrogen-bond donors (Lipinski definition) is 0. The number of hydrogen-bond acceptors (Lipinski definition) is 3. The maximum absolute atomic E-state index is 5.38. The summed E-state index contributed by atoms with van der Waals surface area (Å²) < 4.78 is 2.74. The van der Waals surface area contributed by atoms with Gasteiger partial charge in [-0.05, 0) is 29.0 Å². The van der Waals surface area contributed by atoms with Gasteiger partial charge < -0.3 is 0 Å². The van der Waals surface area contributed by atoms with Gasteiger partial charge in [-0.25, -0.2) is 4.98 Å². The summed E-state index contributed by atoms with van der Waals surface area (Å²) in [7, 11) is 0.